The number of rotatable bonds is 6. The van der Waals surface area contributed by atoms with Crippen LogP contribution in [0.25, 0.3) is 21.3 Å². The van der Waals surface area contributed by atoms with Crippen LogP contribution in [-0.2, 0) is 11.2 Å². The van der Waals surface area contributed by atoms with Crippen LogP contribution in [0, 0.1) is 6.92 Å². The number of thiophene rings is 1. The number of H-pyrrole nitrogens is 1. The number of aryl methyl sites for hydroxylation is 1. The van der Waals surface area contributed by atoms with Crippen LogP contribution in [0.4, 0.5) is 0 Å². The van der Waals surface area contributed by atoms with Crippen LogP contribution in [0.3, 0.4) is 0 Å². The molecule has 4 rings (SSSR count). The second-order valence-electron chi connectivity index (χ2n) is 6.54. The second kappa shape index (κ2) is 8.10. The van der Waals surface area contributed by atoms with Crippen LogP contribution in [-0.4, -0.2) is 20.9 Å². The number of aromatic amines is 1. The van der Waals surface area contributed by atoms with Crippen molar-refractivity contribution in [2.75, 3.05) is 0 Å². The Morgan fingerprint density at radius 3 is 2.76 bits per heavy atom. The average Bonchev–Trinajstić information content (AvgIpc) is 3.26. The Labute approximate surface area is 179 Å². The number of hydrogen-bond acceptors (Lipinski definition) is 7. The van der Waals surface area contributed by atoms with Crippen molar-refractivity contribution in [1.29, 1.82) is 0 Å². The van der Waals surface area contributed by atoms with Gasteiger partial charge in [0.1, 0.15) is 10.7 Å². The van der Waals surface area contributed by atoms with Gasteiger partial charge in [0.25, 0.3) is 5.56 Å². The number of nitrogens with one attached hydrogen (secondary N) is 1. The SMILES string of the molecule is Cc1nc(S[C@H](C)c2nc3scc(-c4ccccc4)c3c(=O)[nH]2)sc1CC(N)=O. The summed E-state index contributed by atoms with van der Waals surface area (Å²) in [6.07, 6.45) is 0.191. The van der Waals surface area contributed by atoms with E-state index in [1.807, 2.05) is 49.6 Å². The summed E-state index contributed by atoms with van der Waals surface area (Å²) >= 11 is 4.43. The number of aromatic nitrogens is 3. The van der Waals surface area contributed by atoms with Crippen LogP contribution < -0.4 is 11.3 Å². The van der Waals surface area contributed by atoms with Crippen molar-refractivity contribution < 1.29 is 4.79 Å². The van der Waals surface area contributed by atoms with Gasteiger partial charge in [-0.1, -0.05) is 42.1 Å². The summed E-state index contributed by atoms with van der Waals surface area (Å²) in [4.78, 5) is 37.8. The van der Waals surface area contributed by atoms with E-state index >= 15 is 0 Å². The fourth-order valence-electron chi connectivity index (χ4n) is 2.97. The van der Waals surface area contributed by atoms with Crippen LogP contribution in [0.15, 0.2) is 44.8 Å². The molecule has 3 aromatic heterocycles. The Kier molecular flexibility index (Phi) is 5.53. The zero-order valence-electron chi connectivity index (χ0n) is 15.8. The minimum Gasteiger partial charge on any atom is -0.369 e. The van der Waals surface area contributed by atoms with Gasteiger partial charge in [-0.2, -0.15) is 0 Å². The zero-order chi connectivity index (χ0) is 20.5. The molecule has 0 saturated carbocycles. The maximum absolute atomic E-state index is 12.8. The maximum Gasteiger partial charge on any atom is 0.260 e. The molecular weight excluding hydrogens is 424 g/mol. The molecule has 3 N–H and O–H groups in total. The van der Waals surface area contributed by atoms with Crippen molar-refractivity contribution >= 4 is 50.6 Å². The topological polar surface area (TPSA) is 102 Å². The van der Waals surface area contributed by atoms with Gasteiger partial charge in [0.2, 0.25) is 5.91 Å². The lowest BCUT2D eigenvalue weighted by Gasteiger charge is -2.08. The molecule has 4 aromatic rings. The highest BCUT2D eigenvalue weighted by Crippen LogP contribution is 2.38. The highest BCUT2D eigenvalue weighted by Gasteiger charge is 2.19. The highest BCUT2D eigenvalue weighted by molar-refractivity contribution is 8.01. The van der Waals surface area contributed by atoms with Gasteiger partial charge < -0.3 is 10.7 Å². The molecule has 9 heteroatoms. The monoisotopic (exact) mass is 442 g/mol. The van der Waals surface area contributed by atoms with Crippen molar-refractivity contribution in [3.05, 3.63) is 62.5 Å². The van der Waals surface area contributed by atoms with E-state index in [-0.39, 0.29) is 23.1 Å². The molecule has 0 fully saturated rings. The van der Waals surface area contributed by atoms with E-state index in [2.05, 4.69) is 9.97 Å². The third-order valence-electron chi connectivity index (χ3n) is 4.42. The predicted octanol–water partition coefficient (Wildman–Crippen LogP) is 4.30. The second-order valence-corrected chi connectivity index (χ2v) is 10.1. The molecular formula is C20H18N4O2S3. The number of carbonyl (C=O) groups is 1. The Bertz CT molecular complexity index is 1240. The molecule has 0 aliphatic rings. The Balaban J connectivity index is 1.63. The van der Waals surface area contributed by atoms with Crippen LogP contribution >= 0.6 is 34.4 Å². The third kappa shape index (κ3) is 4.12. The van der Waals surface area contributed by atoms with Gasteiger partial charge in [-0.25, -0.2) is 9.97 Å². The molecule has 0 saturated heterocycles. The largest absolute Gasteiger partial charge is 0.369 e. The lowest BCUT2D eigenvalue weighted by molar-refractivity contribution is -0.117. The molecule has 3 heterocycles. The van der Waals surface area contributed by atoms with Crippen LogP contribution in [0.1, 0.15) is 28.6 Å². The highest BCUT2D eigenvalue weighted by atomic mass is 32.2. The van der Waals surface area contributed by atoms with E-state index in [0.29, 0.717) is 11.2 Å². The van der Waals surface area contributed by atoms with E-state index < -0.39 is 0 Å². The van der Waals surface area contributed by atoms with Crippen molar-refractivity contribution in [3.8, 4) is 11.1 Å². The minimum absolute atomic E-state index is 0.0960. The first-order valence-electron chi connectivity index (χ1n) is 8.90. The Hall–Kier alpha value is -2.49. The van der Waals surface area contributed by atoms with E-state index in [0.717, 1.165) is 30.9 Å². The van der Waals surface area contributed by atoms with Crippen molar-refractivity contribution in [1.82, 2.24) is 15.0 Å². The molecule has 1 amide bonds. The molecule has 148 valence electrons. The predicted molar refractivity (Wildman–Crippen MR) is 120 cm³/mol. The van der Waals surface area contributed by atoms with Gasteiger partial charge in [-0.05, 0) is 19.4 Å². The summed E-state index contributed by atoms with van der Waals surface area (Å²) in [5.41, 5.74) is 7.87. The first-order valence-corrected chi connectivity index (χ1v) is 11.5. The molecule has 6 nitrogen and oxygen atoms in total. The lowest BCUT2D eigenvalue weighted by atomic mass is 10.1. The summed E-state index contributed by atoms with van der Waals surface area (Å²) in [7, 11) is 0. The molecule has 0 unspecified atom stereocenters. The minimum atomic E-state index is -0.371. The van der Waals surface area contributed by atoms with Crippen molar-refractivity contribution in [2.45, 2.75) is 29.9 Å². The number of thioether (sulfide) groups is 1. The number of thiazole rings is 1. The molecule has 0 spiro atoms. The lowest BCUT2D eigenvalue weighted by Crippen LogP contribution is -2.13. The number of benzene rings is 1. The fraction of sp³-hybridized carbons (Fsp3) is 0.200. The first-order chi connectivity index (χ1) is 13.9. The summed E-state index contributed by atoms with van der Waals surface area (Å²) < 4.78 is 0.824. The number of hydrogen-bond donors (Lipinski definition) is 2. The Morgan fingerprint density at radius 2 is 2.03 bits per heavy atom. The van der Waals surface area contributed by atoms with Gasteiger partial charge in [0.15, 0.2) is 4.34 Å². The molecule has 0 bridgehead atoms. The quantitative estimate of drug-likeness (QED) is 0.434. The molecule has 1 atom stereocenters. The van der Waals surface area contributed by atoms with Crippen molar-refractivity contribution in [3.63, 3.8) is 0 Å². The maximum atomic E-state index is 12.8. The molecule has 29 heavy (non-hydrogen) atoms. The first kappa shape index (κ1) is 19.8. The number of nitrogens with zero attached hydrogens (tertiary/aromatic N) is 2. The molecule has 0 aliphatic carbocycles. The van der Waals surface area contributed by atoms with Crippen molar-refractivity contribution in [2.24, 2.45) is 5.73 Å². The standard InChI is InChI=1S/C20H18N4O2S3/c1-10-14(8-15(21)25)29-20(22-10)28-11(2)17-23-18(26)16-13(9-27-19(16)24-17)12-6-4-3-5-7-12/h3-7,9,11H,8H2,1-2H3,(H2,21,25)(H,23,24,26)/t11-/m1/s1. The average molecular weight is 443 g/mol. The van der Waals surface area contributed by atoms with Crippen LogP contribution in [0.2, 0.25) is 0 Å². The normalized spacial score (nSPS) is 12.3. The van der Waals surface area contributed by atoms with E-state index in [9.17, 15) is 9.59 Å². The molecule has 1 aromatic carbocycles. The number of primary amides is 1. The molecule has 0 aliphatic heterocycles. The van der Waals surface area contributed by atoms with Gasteiger partial charge in [-0.15, -0.1) is 22.7 Å². The zero-order valence-corrected chi connectivity index (χ0v) is 18.2. The van der Waals surface area contributed by atoms with E-state index in [1.54, 1.807) is 0 Å². The number of carbonyl (C=O) groups excluding carboxylic acids is 1. The van der Waals surface area contributed by atoms with Gasteiger partial charge in [-0.3, -0.25) is 9.59 Å². The number of nitrogens with two attached hydrogens (primary N) is 1. The summed E-state index contributed by atoms with van der Waals surface area (Å²) in [5.74, 6) is 0.239. The number of fused-ring (bicyclic) bond motifs is 1. The smallest absolute Gasteiger partial charge is 0.260 e. The van der Waals surface area contributed by atoms with Gasteiger partial charge in [0.05, 0.1) is 22.8 Å². The summed E-state index contributed by atoms with van der Waals surface area (Å²) in [5, 5.41) is 2.50. The van der Waals surface area contributed by atoms with E-state index in [1.165, 1.54) is 34.4 Å². The van der Waals surface area contributed by atoms with E-state index in [4.69, 9.17) is 10.7 Å². The summed E-state index contributed by atoms with van der Waals surface area (Å²) in [6, 6.07) is 9.84. The number of amides is 1. The third-order valence-corrected chi connectivity index (χ3v) is 7.65. The van der Waals surface area contributed by atoms with Gasteiger partial charge >= 0.3 is 0 Å². The fourth-order valence-corrected chi connectivity index (χ4v) is 6.37. The van der Waals surface area contributed by atoms with Crippen LogP contribution in [0.5, 0.6) is 0 Å². The Morgan fingerprint density at radius 1 is 1.28 bits per heavy atom. The summed E-state index contributed by atoms with van der Waals surface area (Å²) in [6.45, 7) is 3.84. The van der Waals surface area contributed by atoms with Gasteiger partial charge in [0, 0.05) is 15.8 Å². The molecule has 0 radical (unpaired) electrons.